The molecule has 0 radical (unpaired) electrons. The molecule has 8 heteroatoms. The highest BCUT2D eigenvalue weighted by molar-refractivity contribution is 7.91. The van der Waals surface area contributed by atoms with Crippen LogP contribution in [-0.4, -0.2) is 27.2 Å². The lowest BCUT2D eigenvalue weighted by atomic mass is 10.1. The van der Waals surface area contributed by atoms with Crippen molar-refractivity contribution in [3.8, 4) is 5.75 Å². The largest absolute Gasteiger partial charge is 0.497 e. The van der Waals surface area contributed by atoms with Crippen molar-refractivity contribution in [1.82, 2.24) is 0 Å². The number of para-hydroxylation sites is 1. The maximum atomic E-state index is 12.7. The molecule has 2 aromatic rings. The summed E-state index contributed by atoms with van der Waals surface area (Å²) in [6.45, 7) is 0. The Hall–Kier alpha value is -2.48. The van der Waals surface area contributed by atoms with E-state index in [1.165, 1.54) is 25.3 Å². The van der Waals surface area contributed by atoms with Gasteiger partial charge >= 0.3 is 5.76 Å². The van der Waals surface area contributed by atoms with Crippen LogP contribution in [0.2, 0.25) is 0 Å². The fourth-order valence-electron chi connectivity index (χ4n) is 2.08. The zero-order valence-corrected chi connectivity index (χ0v) is 13.5. The molecule has 128 valence electrons. The van der Waals surface area contributed by atoms with Gasteiger partial charge in [-0.25, -0.2) is 8.42 Å². The summed E-state index contributed by atoms with van der Waals surface area (Å²) >= 11 is 0. The van der Waals surface area contributed by atoms with Gasteiger partial charge in [0.15, 0.2) is 0 Å². The molecule has 1 N–H and O–H groups in total. The molecule has 0 heterocycles. The summed E-state index contributed by atoms with van der Waals surface area (Å²) < 4.78 is 53.8. The molecule has 1 amide bonds. The number of anilines is 1. The first-order valence-corrected chi connectivity index (χ1v) is 8.43. The third-order valence-corrected chi connectivity index (χ3v) is 4.64. The fraction of sp³-hybridized carbons (Fsp3) is 0.188. The maximum absolute atomic E-state index is 12.7. The number of ether oxygens (including phenoxy) is 1. The van der Waals surface area contributed by atoms with Crippen LogP contribution in [0.3, 0.4) is 0 Å². The summed E-state index contributed by atoms with van der Waals surface area (Å²) in [5.74, 6) is -3.52. The summed E-state index contributed by atoms with van der Waals surface area (Å²) in [7, 11) is -3.31. The van der Waals surface area contributed by atoms with E-state index in [-0.39, 0.29) is 12.1 Å². The monoisotopic (exact) mass is 355 g/mol. The van der Waals surface area contributed by atoms with E-state index >= 15 is 0 Å². The lowest BCUT2D eigenvalue weighted by Crippen LogP contribution is -2.19. The summed E-state index contributed by atoms with van der Waals surface area (Å²) in [5.41, 5.74) is 0.465. The zero-order chi connectivity index (χ0) is 17.7. The first kappa shape index (κ1) is 17.9. The van der Waals surface area contributed by atoms with E-state index < -0.39 is 26.4 Å². The van der Waals surface area contributed by atoms with Gasteiger partial charge < -0.3 is 10.1 Å². The number of carbonyl (C=O) groups is 1. The van der Waals surface area contributed by atoms with Crippen LogP contribution < -0.4 is 10.1 Å². The van der Waals surface area contributed by atoms with Crippen LogP contribution in [0.15, 0.2) is 53.4 Å². The molecule has 0 spiro atoms. The van der Waals surface area contributed by atoms with Crippen LogP contribution in [0, 0.1) is 0 Å². The van der Waals surface area contributed by atoms with E-state index in [2.05, 4.69) is 5.32 Å². The van der Waals surface area contributed by atoms with Crippen molar-refractivity contribution in [1.29, 1.82) is 0 Å². The number of hydrogen-bond acceptors (Lipinski definition) is 4. The second-order valence-electron chi connectivity index (χ2n) is 4.88. The van der Waals surface area contributed by atoms with Gasteiger partial charge in [0.2, 0.25) is 15.7 Å². The van der Waals surface area contributed by atoms with Crippen LogP contribution in [0.25, 0.3) is 0 Å². The SMILES string of the molecule is COc1cccc(CC(=O)Nc2ccccc2S(=O)(=O)C(F)F)c1. The standard InChI is InChI=1S/C16H15F2NO4S/c1-23-12-6-4-5-11(9-12)10-15(20)19-13-7-2-3-8-14(13)24(21,22)16(17)18/h2-9,16H,10H2,1H3,(H,19,20). The van der Waals surface area contributed by atoms with Gasteiger partial charge in [-0.05, 0) is 29.8 Å². The molecule has 0 aliphatic heterocycles. The summed E-state index contributed by atoms with van der Waals surface area (Å²) in [6, 6.07) is 11.8. The van der Waals surface area contributed by atoms with Crippen LogP contribution in [0.4, 0.5) is 14.5 Å². The molecule has 0 bridgehead atoms. The highest BCUT2D eigenvalue weighted by atomic mass is 32.2. The van der Waals surface area contributed by atoms with Gasteiger partial charge in [0.05, 0.1) is 24.1 Å². The second-order valence-corrected chi connectivity index (χ2v) is 6.76. The number of nitrogens with one attached hydrogen (secondary N) is 1. The molecule has 0 unspecified atom stereocenters. The summed E-state index contributed by atoms with van der Waals surface area (Å²) in [4.78, 5) is 11.5. The Bertz CT molecular complexity index is 837. The molecule has 5 nitrogen and oxygen atoms in total. The predicted molar refractivity (Wildman–Crippen MR) is 85.0 cm³/mol. The predicted octanol–water partition coefficient (Wildman–Crippen LogP) is 2.87. The van der Waals surface area contributed by atoms with Crippen LogP contribution in [0.1, 0.15) is 5.56 Å². The molecule has 0 aromatic heterocycles. The van der Waals surface area contributed by atoms with Crippen molar-refractivity contribution >= 4 is 21.4 Å². The van der Waals surface area contributed by atoms with Gasteiger partial charge in [-0.2, -0.15) is 8.78 Å². The quantitative estimate of drug-likeness (QED) is 0.865. The Morgan fingerprint density at radius 1 is 1.17 bits per heavy atom. The maximum Gasteiger partial charge on any atom is 0.341 e. The highest BCUT2D eigenvalue weighted by Crippen LogP contribution is 2.26. The molecule has 24 heavy (non-hydrogen) atoms. The third-order valence-electron chi connectivity index (χ3n) is 3.20. The van der Waals surface area contributed by atoms with Gasteiger partial charge in [0.1, 0.15) is 5.75 Å². The first-order chi connectivity index (χ1) is 11.3. The number of amides is 1. The van der Waals surface area contributed by atoms with Gasteiger partial charge in [-0.1, -0.05) is 24.3 Å². The number of benzene rings is 2. The molecule has 0 saturated heterocycles. The Balaban J connectivity index is 2.21. The average Bonchev–Trinajstić information content (AvgIpc) is 2.55. The van der Waals surface area contributed by atoms with Gasteiger partial charge in [0, 0.05) is 0 Å². The van der Waals surface area contributed by atoms with E-state index in [0.29, 0.717) is 11.3 Å². The summed E-state index contributed by atoms with van der Waals surface area (Å²) in [6.07, 6.45) is -0.0553. The number of halogens is 2. The minimum absolute atomic E-state index is 0.0553. The van der Waals surface area contributed by atoms with Crippen molar-refractivity contribution in [3.63, 3.8) is 0 Å². The number of rotatable bonds is 6. The third kappa shape index (κ3) is 4.08. The summed E-state index contributed by atoms with van der Waals surface area (Å²) in [5, 5.41) is 2.37. The van der Waals surface area contributed by atoms with Crippen molar-refractivity contribution < 1.29 is 26.7 Å². The lowest BCUT2D eigenvalue weighted by molar-refractivity contribution is -0.115. The van der Waals surface area contributed by atoms with Crippen LogP contribution in [-0.2, 0) is 21.1 Å². The molecular formula is C16H15F2NO4S. The van der Waals surface area contributed by atoms with E-state index in [0.717, 1.165) is 6.07 Å². The number of hydrogen-bond donors (Lipinski definition) is 1. The minimum Gasteiger partial charge on any atom is -0.497 e. The number of alkyl halides is 2. The molecule has 2 aromatic carbocycles. The van der Waals surface area contributed by atoms with Crippen molar-refractivity contribution in [2.45, 2.75) is 17.1 Å². The Labute approximate surface area is 138 Å². The van der Waals surface area contributed by atoms with Gasteiger partial charge in [-0.15, -0.1) is 0 Å². The molecule has 0 atom stereocenters. The van der Waals surface area contributed by atoms with E-state index in [4.69, 9.17) is 4.74 Å². The highest BCUT2D eigenvalue weighted by Gasteiger charge is 2.29. The molecular weight excluding hydrogens is 340 g/mol. The van der Waals surface area contributed by atoms with E-state index in [1.807, 2.05) is 0 Å². The smallest absolute Gasteiger partial charge is 0.341 e. The van der Waals surface area contributed by atoms with Gasteiger partial charge in [-0.3, -0.25) is 4.79 Å². The fourth-order valence-corrected chi connectivity index (χ4v) is 2.96. The number of methoxy groups -OCH3 is 1. The van der Waals surface area contributed by atoms with E-state index in [1.54, 1.807) is 24.3 Å². The lowest BCUT2D eigenvalue weighted by Gasteiger charge is -2.11. The van der Waals surface area contributed by atoms with Gasteiger partial charge in [0.25, 0.3) is 0 Å². The van der Waals surface area contributed by atoms with Crippen LogP contribution >= 0.6 is 0 Å². The Morgan fingerprint density at radius 2 is 1.88 bits per heavy atom. The van der Waals surface area contributed by atoms with Crippen molar-refractivity contribution in [2.75, 3.05) is 12.4 Å². The minimum atomic E-state index is -4.80. The molecule has 0 aliphatic rings. The van der Waals surface area contributed by atoms with Crippen molar-refractivity contribution in [2.24, 2.45) is 0 Å². The number of carbonyl (C=O) groups excluding carboxylic acids is 1. The molecule has 0 aliphatic carbocycles. The average molecular weight is 355 g/mol. The number of sulfone groups is 1. The Kier molecular flexibility index (Phi) is 5.50. The van der Waals surface area contributed by atoms with Crippen molar-refractivity contribution in [3.05, 3.63) is 54.1 Å². The van der Waals surface area contributed by atoms with E-state index in [9.17, 15) is 22.0 Å². The zero-order valence-electron chi connectivity index (χ0n) is 12.7. The molecule has 0 fully saturated rings. The normalized spacial score (nSPS) is 11.3. The van der Waals surface area contributed by atoms with Crippen LogP contribution in [0.5, 0.6) is 5.75 Å². The second kappa shape index (κ2) is 7.39. The molecule has 0 saturated carbocycles. The molecule has 2 rings (SSSR count). The first-order valence-electron chi connectivity index (χ1n) is 6.88. The Morgan fingerprint density at radius 3 is 2.54 bits per heavy atom. The topological polar surface area (TPSA) is 72.5 Å².